The van der Waals surface area contributed by atoms with Crippen LogP contribution >= 0.6 is 11.3 Å². The maximum atomic E-state index is 13.9. The van der Waals surface area contributed by atoms with Gasteiger partial charge in [0.15, 0.2) is 16.8 Å². The van der Waals surface area contributed by atoms with Crippen LogP contribution in [-0.2, 0) is 21.4 Å². The van der Waals surface area contributed by atoms with Gasteiger partial charge >= 0.3 is 0 Å². The van der Waals surface area contributed by atoms with Crippen molar-refractivity contribution >= 4 is 42.6 Å². The number of piperidine rings is 1. The monoisotopic (exact) mass is 555 g/mol. The lowest BCUT2D eigenvalue weighted by Gasteiger charge is -2.33. The van der Waals surface area contributed by atoms with E-state index in [4.69, 9.17) is 4.98 Å². The second-order valence-electron chi connectivity index (χ2n) is 9.56. The van der Waals surface area contributed by atoms with Crippen LogP contribution in [0.15, 0.2) is 65.6 Å². The minimum atomic E-state index is -4.01. The Morgan fingerprint density at radius 1 is 1.00 bits per heavy atom. The van der Waals surface area contributed by atoms with Gasteiger partial charge in [-0.25, -0.2) is 22.2 Å². The van der Waals surface area contributed by atoms with Gasteiger partial charge in [-0.15, -0.1) is 0 Å². The van der Waals surface area contributed by atoms with Crippen molar-refractivity contribution in [3.05, 3.63) is 89.0 Å². The SMILES string of the molecule is Cc1cc2nc(N(Cc3ccccc3)C(=O)C3CCN(S(=O)(=O)c4ccc(F)c(F)c4)CC3)sc2cc1C. The van der Waals surface area contributed by atoms with Crippen LogP contribution in [0.25, 0.3) is 10.2 Å². The minimum Gasteiger partial charge on any atom is -0.283 e. The first kappa shape index (κ1) is 26.4. The van der Waals surface area contributed by atoms with Crippen molar-refractivity contribution in [3.8, 4) is 0 Å². The van der Waals surface area contributed by atoms with Gasteiger partial charge in [0.25, 0.3) is 0 Å². The van der Waals surface area contributed by atoms with Crippen LogP contribution in [0.4, 0.5) is 13.9 Å². The number of amides is 1. The molecule has 1 amide bonds. The summed E-state index contributed by atoms with van der Waals surface area (Å²) in [5, 5.41) is 0.607. The van der Waals surface area contributed by atoms with E-state index in [9.17, 15) is 22.0 Å². The highest BCUT2D eigenvalue weighted by Gasteiger charge is 2.35. The molecule has 0 saturated carbocycles. The van der Waals surface area contributed by atoms with Crippen LogP contribution in [0.1, 0.15) is 29.5 Å². The van der Waals surface area contributed by atoms with Gasteiger partial charge in [-0.1, -0.05) is 41.7 Å². The van der Waals surface area contributed by atoms with E-state index in [0.717, 1.165) is 39.0 Å². The highest BCUT2D eigenvalue weighted by molar-refractivity contribution is 7.89. The maximum Gasteiger partial charge on any atom is 0.243 e. The highest BCUT2D eigenvalue weighted by atomic mass is 32.2. The van der Waals surface area contributed by atoms with E-state index in [1.54, 1.807) is 4.90 Å². The summed E-state index contributed by atoms with van der Waals surface area (Å²) in [4.78, 5) is 20.0. The number of carbonyl (C=O) groups is 1. The number of hydrogen-bond acceptors (Lipinski definition) is 5. The van der Waals surface area contributed by atoms with Gasteiger partial charge in [0, 0.05) is 19.0 Å². The predicted molar refractivity (Wildman–Crippen MR) is 145 cm³/mol. The summed E-state index contributed by atoms with van der Waals surface area (Å²) in [5.41, 5.74) is 4.09. The van der Waals surface area contributed by atoms with Crippen LogP contribution in [0.5, 0.6) is 0 Å². The number of anilines is 1. The molecule has 0 N–H and O–H groups in total. The molecule has 4 aromatic rings. The lowest BCUT2D eigenvalue weighted by molar-refractivity contribution is -0.123. The van der Waals surface area contributed by atoms with Crippen molar-refractivity contribution in [1.82, 2.24) is 9.29 Å². The number of hydrogen-bond donors (Lipinski definition) is 0. The molecule has 0 radical (unpaired) electrons. The zero-order valence-corrected chi connectivity index (χ0v) is 22.7. The standard InChI is InChI=1S/C28H27F2N3O3S2/c1-18-14-25-26(15-19(18)2)37-28(31-25)33(17-20-6-4-3-5-7-20)27(34)21-10-12-32(13-11-21)38(35,36)22-8-9-23(29)24(30)16-22/h3-9,14-16,21H,10-13,17H2,1-2H3. The molecule has 38 heavy (non-hydrogen) atoms. The normalized spacial score (nSPS) is 15.2. The van der Waals surface area contributed by atoms with E-state index in [2.05, 4.69) is 6.07 Å². The average molecular weight is 556 g/mol. The quantitative estimate of drug-likeness (QED) is 0.300. The fourth-order valence-electron chi connectivity index (χ4n) is 4.64. The molecule has 0 unspecified atom stereocenters. The summed E-state index contributed by atoms with van der Waals surface area (Å²) in [5.74, 6) is -2.82. The molecule has 5 rings (SSSR count). The smallest absolute Gasteiger partial charge is 0.243 e. The summed E-state index contributed by atoms with van der Waals surface area (Å²) < 4.78 is 55.3. The first-order valence-electron chi connectivity index (χ1n) is 12.3. The van der Waals surface area contributed by atoms with E-state index in [-0.39, 0.29) is 23.9 Å². The van der Waals surface area contributed by atoms with Crippen molar-refractivity contribution in [2.45, 2.75) is 38.1 Å². The Morgan fingerprint density at radius 2 is 1.68 bits per heavy atom. The van der Waals surface area contributed by atoms with E-state index < -0.39 is 27.6 Å². The topological polar surface area (TPSA) is 70.6 Å². The number of nitrogens with zero attached hydrogens (tertiary/aromatic N) is 3. The first-order valence-corrected chi connectivity index (χ1v) is 14.6. The lowest BCUT2D eigenvalue weighted by Crippen LogP contribution is -2.44. The molecule has 1 saturated heterocycles. The molecule has 0 aliphatic carbocycles. The zero-order chi connectivity index (χ0) is 27.0. The number of halogens is 2. The van der Waals surface area contributed by atoms with Gasteiger partial charge in [-0.05, 0) is 73.7 Å². The predicted octanol–water partition coefficient (Wildman–Crippen LogP) is 5.83. The van der Waals surface area contributed by atoms with Gasteiger partial charge in [-0.2, -0.15) is 4.31 Å². The van der Waals surface area contributed by atoms with Crippen molar-refractivity contribution in [3.63, 3.8) is 0 Å². The molecule has 6 nitrogen and oxygen atoms in total. The molecule has 0 bridgehead atoms. The third-order valence-electron chi connectivity index (χ3n) is 7.01. The second-order valence-corrected chi connectivity index (χ2v) is 12.5. The lowest BCUT2D eigenvalue weighted by atomic mass is 9.96. The third kappa shape index (κ3) is 5.21. The van der Waals surface area contributed by atoms with E-state index in [1.807, 2.05) is 50.2 Å². The number of rotatable bonds is 6. The second kappa shape index (κ2) is 10.5. The van der Waals surface area contributed by atoms with Gasteiger partial charge in [0.2, 0.25) is 15.9 Å². The summed E-state index contributed by atoms with van der Waals surface area (Å²) in [6, 6.07) is 16.3. The van der Waals surface area contributed by atoms with Crippen LogP contribution in [-0.4, -0.2) is 36.7 Å². The third-order valence-corrected chi connectivity index (χ3v) is 9.94. The summed E-state index contributed by atoms with van der Waals surface area (Å²) >= 11 is 1.47. The number of aryl methyl sites for hydroxylation is 2. The molecule has 198 valence electrons. The Kier molecular flexibility index (Phi) is 7.30. The maximum absolute atomic E-state index is 13.9. The molecule has 3 aromatic carbocycles. The molecular weight excluding hydrogens is 528 g/mol. The Bertz CT molecular complexity index is 1560. The average Bonchev–Trinajstić information content (AvgIpc) is 3.31. The van der Waals surface area contributed by atoms with Crippen molar-refractivity contribution in [1.29, 1.82) is 0 Å². The molecule has 0 spiro atoms. The van der Waals surface area contributed by atoms with Gasteiger partial charge in [-0.3, -0.25) is 9.69 Å². The summed E-state index contributed by atoms with van der Waals surface area (Å²) in [7, 11) is -4.01. The number of benzene rings is 3. The molecular formula is C28H27F2N3O3S2. The zero-order valence-electron chi connectivity index (χ0n) is 21.0. The van der Waals surface area contributed by atoms with E-state index in [1.165, 1.54) is 15.6 Å². The number of aromatic nitrogens is 1. The van der Waals surface area contributed by atoms with Crippen LogP contribution in [0.2, 0.25) is 0 Å². The minimum absolute atomic E-state index is 0.105. The van der Waals surface area contributed by atoms with E-state index >= 15 is 0 Å². The van der Waals surface area contributed by atoms with Crippen LogP contribution < -0.4 is 4.90 Å². The number of carbonyl (C=O) groups excluding carboxylic acids is 1. The summed E-state index contributed by atoms with van der Waals surface area (Å²) in [6.07, 6.45) is 0.631. The van der Waals surface area contributed by atoms with Crippen LogP contribution in [0.3, 0.4) is 0 Å². The largest absolute Gasteiger partial charge is 0.283 e. The Labute approximate surface area is 224 Å². The highest BCUT2D eigenvalue weighted by Crippen LogP contribution is 2.34. The Morgan fingerprint density at radius 3 is 2.37 bits per heavy atom. The van der Waals surface area contributed by atoms with Gasteiger partial charge in [0.1, 0.15) is 0 Å². The fraction of sp³-hybridized carbons (Fsp3) is 0.286. The van der Waals surface area contributed by atoms with Crippen LogP contribution in [0, 0.1) is 31.4 Å². The van der Waals surface area contributed by atoms with Crippen molar-refractivity contribution in [2.24, 2.45) is 5.92 Å². The summed E-state index contributed by atoms with van der Waals surface area (Å²) in [6.45, 7) is 4.64. The molecule has 2 heterocycles. The molecule has 1 aromatic heterocycles. The first-order chi connectivity index (χ1) is 18.1. The Hall–Kier alpha value is -3.21. The van der Waals surface area contributed by atoms with Crippen molar-refractivity contribution < 1.29 is 22.0 Å². The van der Waals surface area contributed by atoms with Crippen molar-refractivity contribution in [2.75, 3.05) is 18.0 Å². The van der Waals surface area contributed by atoms with E-state index in [0.29, 0.717) is 30.6 Å². The van der Waals surface area contributed by atoms with Gasteiger partial charge < -0.3 is 0 Å². The molecule has 1 fully saturated rings. The molecule has 0 atom stereocenters. The number of fused-ring (bicyclic) bond motifs is 1. The fourth-order valence-corrected chi connectivity index (χ4v) is 7.17. The molecule has 1 aliphatic heterocycles. The molecule has 10 heteroatoms. The van der Waals surface area contributed by atoms with Gasteiger partial charge in [0.05, 0.1) is 21.7 Å². The number of thiazole rings is 1. The Balaban J connectivity index is 1.38. The number of sulfonamides is 1. The molecule has 1 aliphatic rings.